The summed E-state index contributed by atoms with van der Waals surface area (Å²) in [5.74, 6) is -0.646. The number of amides is 2. The average Bonchev–Trinajstić information content (AvgIpc) is 2.78. The molecule has 1 aromatic carbocycles. The van der Waals surface area contributed by atoms with E-state index in [1.165, 1.54) is 29.2 Å². The van der Waals surface area contributed by atoms with Gasteiger partial charge in [-0.25, -0.2) is 13.2 Å². The molecule has 0 atom stereocenters. The quantitative estimate of drug-likeness (QED) is 0.639. The molecule has 0 bridgehead atoms. The third-order valence-corrected chi connectivity index (χ3v) is 6.79. The lowest BCUT2D eigenvalue weighted by atomic mass is 10.0. The first-order chi connectivity index (χ1) is 15.8. The zero-order valence-electron chi connectivity index (χ0n) is 17.7. The van der Waals surface area contributed by atoms with E-state index in [2.05, 4.69) is 10.3 Å². The van der Waals surface area contributed by atoms with E-state index in [0.29, 0.717) is 37.4 Å². The number of benzene rings is 1. The highest BCUT2D eigenvalue weighted by Crippen LogP contribution is 2.19. The maximum Gasteiger partial charge on any atom is 0.410 e. The minimum atomic E-state index is -3.62. The van der Waals surface area contributed by atoms with Crippen LogP contribution in [0.15, 0.2) is 57.6 Å². The smallest absolute Gasteiger partial charge is 0.410 e. The van der Waals surface area contributed by atoms with Gasteiger partial charge in [0.15, 0.2) is 15.9 Å². The largest absolute Gasteiger partial charge is 0.441 e. The molecule has 1 aromatic heterocycles. The van der Waals surface area contributed by atoms with Crippen molar-refractivity contribution in [2.75, 3.05) is 26.3 Å². The van der Waals surface area contributed by atoms with Crippen LogP contribution in [0.2, 0.25) is 0 Å². The molecule has 3 heterocycles. The molecule has 0 spiro atoms. The number of pyridine rings is 1. The number of carbonyl (C=O) groups is 2. The van der Waals surface area contributed by atoms with Crippen LogP contribution < -0.4 is 10.9 Å². The Bertz CT molecular complexity index is 1230. The monoisotopic (exact) mass is 473 g/mol. The standard InChI is InChI=1S/C22H23N3O7S/c26-20(23-8-4-10-33(29,30)17-5-2-1-3-6-17)18-11-15-12-25(9-7-19(15)24-21(18)27)22(28)32-16-13-31-14-16/h1-6,10-11,16H,7-9,12-14H2,(H,23,26)(H,24,27)/b10-4+. The first-order valence-corrected chi connectivity index (χ1v) is 11.9. The van der Waals surface area contributed by atoms with Gasteiger partial charge < -0.3 is 24.7 Å². The van der Waals surface area contributed by atoms with Crippen molar-refractivity contribution in [3.05, 3.63) is 75.1 Å². The lowest BCUT2D eigenvalue weighted by Crippen LogP contribution is -2.44. The molecule has 0 aliphatic carbocycles. The van der Waals surface area contributed by atoms with E-state index < -0.39 is 27.4 Å². The van der Waals surface area contributed by atoms with Crippen LogP contribution in [0.1, 0.15) is 21.6 Å². The second kappa shape index (κ2) is 9.59. The number of hydrogen-bond donors (Lipinski definition) is 2. The third kappa shape index (κ3) is 5.32. The molecule has 174 valence electrons. The van der Waals surface area contributed by atoms with E-state index >= 15 is 0 Å². The summed E-state index contributed by atoms with van der Waals surface area (Å²) in [6, 6.07) is 9.36. The molecule has 1 saturated heterocycles. The number of aromatic nitrogens is 1. The van der Waals surface area contributed by atoms with Gasteiger partial charge in [-0.1, -0.05) is 24.3 Å². The van der Waals surface area contributed by atoms with Crippen LogP contribution in [0.25, 0.3) is 0 Å². The first-order valence-electron chi connectivity index (χ1n) is 10.4. The van der Waals surface area contributed by atoms with Crippen molar-refractivity contribution in [3.63, 3.8) is 0 Å². The summed E-state index contributed by atoms with van der Waals surface area (Å²) < 4.78 is 34.8. The third-order valence-electron chi connectivity index (χ3n) is 5.31. The number of sulfone groups is 1. The SMILES string of the molecule is O=C(NC/C=C/S(=O)(=O)c1ccccc1)c1cc2c([nH]c1=O)CCN(C(=O)OC1COC1)C2. The number of fused-ring (bicyclic) bond motifs is 1. The topological polar surface area (TPSA) is 135 Å². The van der Waals surface area contributed by atoms with Gasteiger partial charge >= 0.3 is 6.09 Å². The number of carbonyl (C=O) groups excluding carboxylic acids is 2. The van der Waals surface area contributed by atoms with Gasteiger partial charge in [0.25, 0.3) is 11.5 Å². The average molecular weight is 474 g/mol. The van der Waals surface area contributed by atoms with E-state index in [0.717, 1.165) is 5.41 Å². The van der Waals surface area contributed by atoms with Crippen molar-refractivity contribution in [3.8, 4) is 0 Å². The van der Waals surface area contributed by atoms with Gasteiger partial charge in [-0.3, -0.25) is 9.59 Å². The summed E-state index contributed by atoms with van der Waals surface area (Å²) in [6.45, 7) is 1.28. The number of aromatic amines is 1. The second-order valence-corrected chi connectivity index (χ2v) is 9.50. The van der Waals surface area contributed by atoms with Crippen molar-refractivity contribution >= 4 is 21.8 Å². The van der Waals surface area contributed by atoms with Crippen molar-refractivity contribution < 1.29 is 27.5 Å². The molecule has 2 aromatic rings. The molecule has 2 aliphatic heterocycles. The number of H-pyrrole nitrogens is 1. The molecule has 0 saturated carbocycles. The van der Waals surface area contributed by atoms with Crippen molar-refractivity contribution in [2.45, 2.75) is 24.0 Å². The number of ether oxygens (including phenoxy) is 2. The zero-order chi connectivity index (χ0) is 23.4. The summed E-state index contributed by atoms with van der Waals surface area (Å²) >= 11 is 0. The van der Waals surface area contributed by atoms with Crippen LogP contribution >= 0.6 is 0 Å². The van der Waals surface area contributed by atoms with E-state index in [9.17, 15) is 22.8 Å². The Morgan fingerprint density at radius 3 is 2.70 bits per heavy atom. The highest BCUT2D eigenvalue weighted by atomic mass is 32.2. The molecule has 4 rings (SSSR count). The fourth-order valence-corrected chi connectivity index (χ4v) is 4.48. The van der Waals surface area contributed by atoms with Crippen LogP contribution in [-0.2, 0) is 32.3 Å². The Labute approximate surface area is 190 Å². The van der Waals surface area contributed by atoms with Crippen molar-refractivity contribution in [1.82, 2.24) is 15.2 Å². The van der Waals surface area contributed by atoms with Gasteiger partial charge in [0.05, 0.1) is 24.7 Å². The fourth-order valence-electron chi connectivity index (χ4n) is 3.44. The van der Waals surface area contributed by atoms with Crippen LogP contribution in [0.3, 0.4) is 0 Å². The molecule has 2 aliphatic rings. The van der Waals surface area contributed by atoms with Crippen LogP contribution in [0, 0.1) is 0 Å². The zero-order valence-corrected chi connectivity index (χ0v) is 18.5. The van der Waals surface area contributed by atoms with Crippen molar-refractivity contribution in [2.24, 2.45) is 0 Å². The maximum absolute atomic E-state index is 12.5. The van der Waals surface area contributed by atoms with Gasteiger partial charge in [0.2, 0.25) is 0 Å². The molecule has 10 nitrogen and oxygen atoms in total. The predicted molar refractivity (Wildman–Crippen MR) is 117 cm³/mol. The number of rotatable bonds is 6. The summed E-state index contributed by atoms with van der Waals surface area (Å²) in [4.78, 5) is 41.5. The molecule has 33 heavy (non-hydrogen) atoms. The number of hydrogen-bond acceptors (Lipinski definition) is 7. The minimum Gasteiger partial charge on any atom is -0.441 e. The predicted octanol–water partition coefficient (Wildman–Crippen LogP) is 0.986. The Hall–Kier alpha value is -3.44. The van der Waals surface area contributed by atoms with Crippen LogP contribution in [0.5, 0.6) is 0 Å². The fraction of sp³-hybridized carbons (Fsp3) is 0.318. The van der Waals surface area contributed by atoms with E-state index in [-0.39, 0.29) is 29.7 Å². The van der Waals surface area contributed by atoms with Gasteiger partial charge in [-0.15, -0.1) is 0 Å². The highest BCUT2D eigenvalue weighted by molar-refractivity contribution is 7.94. The van der Waals surface area contributed by atoms with Gasteiger partial charge in [-0.05, 0) is 23.8 Å². The lowest BCUT2D eigenvalue weighted by Gasteiger charge is -2.32. The Morgan fingerprint density at radius 2 is 2.00 bits per heavy atom. The van der Waals surface area contributed by atoms with Crippen molar-refractivity contribution in [1.29, 1.82) is 0 Å². The lowest BCUT2D eigenvalue weighted by molar-refractivity contribution is -0.105. The summed E-state index contributed by atoms with van der Waals surface area (Å²) in [6.07, 6.45) is 1.03. The van der Waals surface area contributed by atoms with E-state index in [1.807, 2.05) is 0 Å². The molecule has 0 radical (unpaired) electrons. The Balaban J connectivity index is 1.39. The van der Waals surface area contributed by atoms with Gasteiger partial charge in [0, 0.05) is 30.6 Å². The Morgan fingerprint density at radius 1 is 1.24 bits per heavy atom. The Kier molecular flexibility index (Phi) is 6.61. The van der Waals surface area contributed by atoms with Crippen LogP contribution in [-0.4, -0.2) is 62.7 Å². The van der Waals surface area contributed by atoms with E-state index in [4.69, 9.17) is 9.47 Å². The maximum atomic E-state index is 12.5. The normalized spacial score (nSPS) is 16.2. The molecule has 1 fully saturated rings. The van der Waals surface area contributed by atoms with Gasteiger partial charge in [0.1, 0.15) is 5.56 Å². The minimum absolute atomic E-state index is 0.0800. The summed E-state index contributed by atoms with van der Waals surface area (Å²) in [5.41, 5.74) is 0.655. The molecule has 11 heteroatoms. The molecular weight excluding hydrogens is 450 g/mol. The van der Waals surface area contributed by atoms with Gasteiger partial charge in [-0.2, -0.15) is 0 Å². The second-order valence-electron chi connectivity index (χ2n) is 7.67. The first kappa shape index (κ1) is 22.7. The molecule has 0 unspecified atom stereocenters. The number of nitrogens with one attached hydrogen (secondary N) is 2. The summed E-state index contributed by atoms with van der Waals surface area (Å²) in [5, 5.41) is 3.53. The number of nitrogens with zero attached hydrogens (tertiary/aromatic N) is 1. The van der Waals surface area contributed by atoms with Crippen LogP contribution in [0.4, 0.5) is 4.79 Å². The molecule has 2 amide bonds. The summed E-state index contributed by atoms with van der Waals surface area (Å²) in [7, 11) is -3.62. The molecule has 2 N–H and O–H groups in total. The molecular formula is C22H23N3O7S. The highest BCUT2D eigenvalue weighted by Gasteiger charge is 2.29. The van der Waals surface area contributed by atoms with E-state index in [1.54, 1.807) is 18.2 Å².